The zero-order chi connectivity index (χ0) is 10.4. The summed E-state index contributed by atoms with van der Waals surface area (Å²) < 4.78 is 0. The summed E-state index contributed by atoms with van der Waals surface area (Å²) in [6.45, 7) is 4.35. The van der Waals surface area contributed by atoms with E-state index >= 15 is 0 Å². The van der Waals surface area contributed by atoms with Crippen LogP contribution in [0.1, 0.15) is 20.3 Å². The molecule has 0 saturated carbocycles. The lowest BCUT2D eigenvalue weighted by molar-refractivity contribution is -0.146. The van der Waals surface area contributed by atoms with Gasteiger partial charge < -0.3 is 15.5 Å². The largest absolute Gasteiger partial charge is 0.481 e. The third-order valence-electron chi connectivity index (χ3n) is 1.45. The van der Waals surface area contributed by atoms with Crippen LogP contribution in [-0.4, -0.2) is 34.7 Å². The van der Waals surface area contributed by atoms with Crippen molar-refractivity contribution in [2.45, 2.75) is 26.3 Å². The van der Waals surface area contributed by atoms with Gasteiger partial charge in [0, 0.05) is 0 Å². The van der Waals surface area contributed by atoms with Crippen LogP contribution in [0.2, 0.25) is 0 Å². The van der Waals surface area contributed by atoms with Crippen molar-refractivity contribution >= 4 is 11.9 Å². The van der Waals surface area contributed by atoms with Crippen molar-refractivity contribution in [1.29, 1.82) is 0 Å². The van der Waals surface area contributed by atoms with Gasteiger partial charge in [-0.05, 0) is 12.5 Å². The second kappa shape index (κ2) is 5.53. The molecule has 13 heavy (non-hydrogen) atoms. The van der Waals surface area contributed by atoms with Crippen molar-refractivity contribution in [3.8, 4) is 0 Å². The lowest BCUT2D eigenvalue weighted by atomic mass is 10.1. The molecule has 1 atom stereocenters. The molecule has 0 fully saturated rings. The van der Waals surface area contributed by atoms with Crippen molar-refractivity contribution in [1.82, 2.24) is 5.32 Å². The fraction of sp³-hybridized carbons (Fsp3) is 0.750. The minimum Gasteiger partial charge on any atom is -0.481 e. The smallest absolute Gasteiger partial charge is 0.321 e. The normalized spacial score (nSPS) is 12.8. The van der Waals surface area contributed by atoms with Gasteiger partial charge in [0.25, 0.3) is 0 Å². The average molecular weight is 189 g/mol. The molecule has 0 aliphatic carbocycles. The van der Waals surface area contributed by atoms with Crippen LogP contribution in [0.3, 0.4) is 0 Å². The fourth-order valence-corrected chi connectivity index (χ4v) is 0.799. The lowest BCUT2D eigenvalue weighted by Crippen LogP contribution is -2.40. The van der Waals surface area contributed by atoms with E-state index in [1.165, 1.54) is 0 Å². The van der Waals surface area contributed by atoms with Gasteiger partial charge in [0.15, 0.2) is 0 Å². The summed E-state index contributed by atoms with van der Waals surface area (Å²) in [7, 11) is 0. The number of rotatable bonds is 6. The first-order chi connectivity index (χ1) is 5.93. The van der Waals surface area contributed by atoms with E-state index in [2.05, 4.69) is 5.32 Å². The van der Waals surface area contributed by atoms with Gasteiger partial charge in [0.2, 0.25) is 0 Å². The maximum absolute atomic E-state index is 10.5. The summed E-state index contributed by atoms with van der Waals surface area (Å²) >= 11 is 0. The SMILES string of the molecule is CC(C)CNC(CC(=O)O)C(=O)O. The van der Waals surface area contributed by atoms with Crippen LogP contribution < -0.4 is 5.32 Å². The molecule has 0 aliphatic rings. The minimum atomic E-state index is -1.12. The van der Waals surface area contributed by atoms with E-state index in [0.717, 1.165) is 0 Å². The summed E-state index contributed by atoms with van der Waals surface area (Å²) in [6, 6.07) is -0.986. The van der Waals surface area contributed by atoms with E-state index in [1.54, 1.807) is 0 Å². The number of hydrogen-bond acceptors (Lipinski definition) is 3. The van der Waals surface area contributed by atoms with Crippen LogP contribution in [0.4, 0.5) is 0 Å². The molecule has 0 aromatic carbocycles. The van der Waals surface area contributed by atoms with Gasteiger partial charge in [-0.25, -0.2) is 0 Å². The van der Waals surface area contributed by atoms with Crippen molar-refractivity contribution in [2.24, 2.45) is 5.92 Å². The second-order valence-corrected chi connectivity index (χ2v) is 3.29. The Balaban J connectivity index is 3.95. The van der Waals surface area contributed by atoms with Crippen LogP contribution in [0.15, 0.2) is 0 Å². The molecule has 0 radical (unpaired) electrons. The van der Waals surface area contributed by atoms with Crippen molar-refractivity contribution < 1.29 is 19.8 Å². The molecule has 0 spiro atoms. The van der Waals surface area contributed by atoms with Gasteiger partial charge in [0.05, 0.1) is 6.42 Å². The van der Waals surface area contributed by atoms with Gasteiger partial charge in [-0.3, -0.25) is 9.59 Å². The van der Waals surface area contributed by atoms with Crippen molar-refractivity contribution in [3.63, 3.8) is 0 Å². The topological polar surface area (TPSA) is 86.6 Å². The number of nitrogens with one attached hydrogen (secondary N) is 1. The zero-order valence-corrected chi connectivity index (χ0v) is 7.78. The first-order valence-corrected chi connectivity index (χ1v) is 4.11. The Morgan fingerprint density at radius 3 is 2.15 bits per heavy atom. The molecule has 5 heteroatoms. The second-order valence-electron chi connectivity index (χ2n) is 3.29. The molecule has 0 aromatic heterocycles. The van der Waals surface area contributed by atoms with Crippen molar-refractivity contribution in [2.75, 3.05) is 6.54 Å². The summed E-state index contributed by atoms with van der Waals surface area (Å²) in [5, 5.41) is 19.7. The Bertz CT molecular complexity index is 191. The summed E-state index contributed by atoms with van der Waals surface area (Å²) in [6.07, 6.45) is -0.387. The predicted molar refractivity (Wildman–Crippen MR) is 46.5 cm³/mol. The van der Waals surface area contributed by atoms with Crippen LogP contribution in [0.25, 0.3) is 0 Å². The van der Waals surface area contributed by atoms with Crippen molar-refractivity contribution in [3.05, 3.63) is 0 Å². The van der Waals surface area contributed by atoms with Crippen LogP contribution in [-0.2, 0) is 9.59 Å². The summed E-state index contributed by atoms with van der Waals surface area (Å²) in [5.41, 5.74) is 0. The van der Waals surface area contributed by atoms with Gasteiger partial charge >= 0.3 is 11.9 Å². The molecule has 0 aromatic rings. The Morgan fingerprint density at radius 2 is 1.85 bits per heavy atom. The monoisotopic (exact) mass is 189 g/mol. The maximum Gasteiger partial charge on any atom is 0.321 e. The number of hydrogen-bond donors (Lipinski definition) is 3. The predicted octanol–water partition coefficient (Wildman–Crippen LogP) is 0.160. The van der Waals surface area contributed by atoms with Gasteiger partial charge in [-0.15, -0.1) is 0 Å². The quantitative estimate of drug-likeness (QED) is 0.554. The van der Waals surface area contributed by atoms with Crippen LogP contribution >= 0.6 is 0 Å². The number of carboxylic acids is 2. The summed E-state index contributed by atoms with van der Waals surface area (Å²) in [4.78, 5) is 20.8. The van der Waals surface area contributed by atoms with E-state index < -0.39 is 18.0 Å². The average Bonchev–Trinajstić information content (AvgIpc) is 1.96. The Hall–Kier alpha value is -1.10. The third-order valence-corrected chi connectivity index (χ3v) is 1.45. The van der Waals surface area contributed by atoms with Gasteiger partial charge in [-0.1, -0.05) is 13.8 Å². The van der Waals surface area contributed by atoms with E-state index in [9.17, 15) is 9.59 Å². The molecule has 0 amide bonds. The lowest BCUT2D eigenvalue weighted by Gasteiger charge is -2.13. The first-order valence-electron chi connectivity index (χ1n) is 4.11. The molecule has 3 N–H and O–H groups in total. The molecule has 0 rings (SSSR count). The number of carboxylic acid groups (broad SMARTS) is 2. The highest BCUT2D eigenvalue weighted by atomic mass is 16.4. The highest BCUT2D eigenvalue weighted by molar-refractivity contribution is 5.80. The molecule has 76 valence electrons. The number of aliphatic carboxylic acids is 2. The molecule has 0 aliphatic heterocycles. The van der Waals surface area contributed by atoms with Crippen LogP contribution in [0, 0.1) is 5.92 Å². The summed E-state index contributed by atoms with van der Waals surface area (Å²) in [5.74, 6) is -1.93. The van der Waals surface area contributed by atoms with E-state index in [4.69, 9.17) is 10.2 Å². The number of carbonyl (C=O) groups is 2. The van der Waals surface area contributed by atoms with E-state index in [0.29, 0.717) is 12.5 Å². The van der Waals surface area contributed by atoms with Gasteiger partial charge in [-0.2, -0.15) is 0 Å². The molecule has 0 bridgehead atoms. The fourth-order valence-electron chi connectivity index (χ4n) is 0.799. The van der Waals surface area contributed by atoms with E-state index in [1.807, 2.05) is 13.8 Å². The molecule has 5 nitrogen and oxygen atoms in total. The zero-order valence-electron chi connectivity index (χ0n) is 7.78. The van der Waals surface area contributed by atoms with E-state index in [-0.39, 0.29) is 6.42 Å². The maximum atomic E-state index is 10.5. The standard InChI is InChI=1S/C8H15NO4/c1-5(2)4-9-6(8(12)13)3-7(10)11/h5-6,9H,3-4H2,1-2H3,(H,10,11)(H,12,13). The first kappa shape index (κ1) is 11.9. The Labute approximate surface area is 76.8 Å². The minimum absolute atomic E-state index is 0.302. The molecular formula is C8H15NO4. The highest BCUT2D eigenvalue weighted by Gasteiger charge is 2.19. The molecule has 0 saturated heterocycles. The van der Waals surface area contributed by atoms with Gasteiger partial charge in [0.1, 0.15) is 6.04 Å². The molecule has 1 unspecified atom stereocenters. The molecule has 0 heterocycles. The molecular weight excluding hydrogens is 174 g/mol. The Kier molecular flexibility index (Phi) is 5.06. The third kappa shape index (κ3) is 6.10. The highest BCUT2D eigenvalue weighted by Crippen LogP contribution is 1.95. The Morgan fingerprint density at radius 1 is 1.31 bits per heavy atom. The van der Waals surface area contributed by atoms with Crippen LogP contribution in [0.5, 0.6) is 0 Å².